The minimum Gasteiger partial charge on any atom is -0.493 e. The van der Waals surface area contributed by atoms with E-state index < -0.39 is 18.1 Å². The zero-order valence-electron chi connectivity index (χ0n) is 28.7. The summed E-state index contributed by atoms with van der Waals surface area (Å²) in [5.74, 6) is 0.794. The molecule has 1 unspecified atom stereocenters. The molecule has 3 aliphatic rings. The van der Waals surface area contributed by atoms with Gasteiger partial charge >= 0.3 is 11.9 Å². The van der Waals surface area contributed by atoms with Crippen LogP contribution < -0.4 is 14.8 Å². The molecule has 4 heterocycles. The lowest BCUT2D eigenvalue weighted by molar-refractivity contribution is -0.161. The van der Waals surface area contributed by atoms with Crippen molar-refractivity contribution in [2.75, 3.05) is 33.9 Å². The molecule has 0 radical (unpaired) electrons. The number of carbonyl (C=O) groups excluding carboxylic acids is 2. The number of fused-ring (bicyclic) bond motifs is 3. The fraction of sp³-hybridized carbons (Fsp3) is 0.385. The second-order valence-electron chi connectivity index (χ2n) is 12.3. The predicted octanol–water partition coefficient (Wildman–Crippen LogP) is 8.27. The van der Waals surface area contributed by atoms with E-state index in [9.17, 15) is 9.59 Å². The SMILES string of the molecule is C=C/C(Cl)=C(C[C@H](OC(=O)Cc1ccc(CNC(C(=O)O[C@H]2CN3CCC2CC3)c2ccccc2)s1)c1ccc(OC)c(OC)c1)\C(Cl)=C/C. The van der Waals surface area contributed by atoms with E-state index in [0.717, 1.165) is 47.8 Å². The highest BCUT2D eigenvalue weighted by Gasteiger charge is 2.38. The van der Waals surface area contributed by atoms with E-state index in [-0.39, 0.29) is 24.9 Å². The van der Waals surface area contributed by atoms with Crippen molar-refractivity contribution in [1.82, 2.24) is 10.2 Å². The molecule has 3 fully saturated rings. The highest BCUT2D eigenvalue weighted by molar-refractivity contribution is 7.12. The predicted molar refractivity (Wildman–Crippen MR) is 199 cm³/mol. The van der Waals surface area contributed by atoms with Gasteiger partial charge in [-0.05, 0) is 79.7 Å². The maximum Gasteiger partial charge on any atom is 0.328 e. The summed E-state index contributed by atoms with van der Waals surface area (Å²) in [4.78, 5) is 31.2. The maximum absolute atomic E-state index is 13.6. The molecule has 11 heteroatoms. The van der Waals surface area contributed by atoms with Gasteiger partial charge in [0, 0.05) is 39.3 Å². The van der Waals surface area contributed by atoms with Crippen LogP contribution in [0.25, 0.3) is 0 Å². The number of carbonyl (C=O) groups is 2. The minimum absolute atomic E-state index is 0.0593. The number of nitrogens with one attached hydrogen (secondary N) is 1. The highest BCUT2D eigenvalue weighted by Crippen LogP contribution is 2.38. The number of thiophene rings is 1. The maximum atomic E-state index is 13.6. The van der Waals surface area contributed by atoms with Crippen LogP contribution in [0.3, 0.4) is 0 Å². The summed E-state index contributed by atoms with van der Waals surface area (Å²) >= 11 is 14.5. The molecule has 0 spiro atoms. The molecule has 1 aromatic heterocycles. The summed E-state index contributed by atoms with van der Waals surface area (Å²) in [7, 11) is 3.11. The fourth-order valence-corrected chi connectivity index (χ4v) is 7.84. The molecule has 3 saturated heterocycles. The Kier molecular flexibility index (Phi) is 13.6. The molecular weight excluding hydrogens is 695 g/mol. The summed E-state index contributed by atoms with van der Waals surface area (Å²) in [5.41, 5.74) is 2.14. The van der Waals surface area contributed by atoms with Gasteiger partial charge < -0.3 is 18.9 Å². The Balaban J connectivity index is 1.27. The van der Waals surface area contributed by atoms with Crippen LogP contribution in [0.1, 0.15) is 59.2 Å². The van der Waals surface area contributed by atoms with Gasteiger partial charge in [-0.1, -0.05) is 78.3 Å². The van der Waals surface area contributed by atoms with Crippen LogP contribution in [-0.4, -0.2) is 56.8 Å². The van der Waals surface area contributed by atoms with Crippen LogP contribution in [0.5, 0.6) is 11.5 Å². The van der Waals surface area contributed by atoms with Gasteiger partial charge in [0.05, 0.1) is 20.6 Å². The van der Waals surface area contributed by atoms with Gasteiger partial charge in [0.1, 0.15) is 18.2 Å². The summed E-state index contributed by atoms with van der Waals surface area (Å²) in [5, 5.41) is 4.23. The normalized spacial score (nSPS) is 20.3. The van der Waals surface area contributed by atoms with Crippen LogP contribution >= 0.6 is 34.5 Å². The van der Waals surface area contributed by atoms with E-state index in [1.807, 2.05) is 48.5 Å². The van der Waals surface area contributed by atoms with E-state index in [0.29, 0.717) is 45.2 Å². The zero-order valence-corrected chi connectivity index (χ0v) is 31.0. The molecule has 3 aromatic rings. The molecule has 0 amide bonds. The van der Waals surface area contributed by atoms with Crippen molar-refractivity contribution in [2.24, 2.45) is 5.92 Å². The Hall–Kier alpha value is -3.60. The number of rotatable bonds is 16. The van der Waals surface area contributed by atoms with Crippen molar-refractivity contribution in [3.05, 3.63) is 116 Å². The molecule has 1 N–H and O–H groups in total. The first-order chi connectivity index (χ1) is 24.2. The third-order valence-electron chi connectivity index (χ3n) is 9.20. The topological polar surface area (TPSA) is 86.3 Å². The average Bonchev–Trinajstić information content (AvgIpc) is 3.60. The number of allylic oxidation sites excluding steroid dienone is 4. The number of hydrogen-bond donors (Lipinski definition) is 1. The Morgan fingerprint density at radius 3 is 2.36 bits per heavy atom. The van der Waals surface area contributed by atoms with Crippen LogP contribution in [0, 0.1) is 5.92 Å². The fourth-order valence-electron chi connectivity index (χ4n) is 6.47. The summed E-state index contributed by atoms with van der Waals surface area (Å²) in [6, 6.07) is 18.3. The van der Waals surface area contributed by atoms with Gasteiger partial charge in [0.25, 0.3) is 0 Å². The van der Waals surface area contributed by atoms with Crippen molar-refractivity contribution >= 4 is 46.5 Å². The van der Waals surface area contributed by atoms with E-state index in [1.54, 1.807) is 39.4 Å². The van der Waals surface area contributed by atoms with E-state index in [4.69, 9.17) is 42.1 Å². The van der Waals surface area contributed by atoms with Crippen LogP contribution in [0.4, 0.5) is 0 Å². The average molecular weight is 740 g/mol. The van der Waals surface area contributed by atoms with Gasteiger partial charge in [0.15, 0.2) is 11.5 Å². The first kappa shape index (κ1) is 37.7. The Morgan fingerprint density at radius 1 is 1.00 bits per heavy atom. The number of nitrogens with zero attached hydrogens (tertiary/aromatic N) is 1. The lowest BCUT2D eigenvalue weighted by Gasteiger charge is -2.44. The molecule has 0 aliphatic carbocycles. The zero-order chi connectivity index (χ0) is 35.6. The summed E-state index contributed by atoms with van der Waals surface area (Å²) in [6.07, 6.45) is 4.86. The standard InChI is InChI=1S/C39H44Cl2N2O6S/c1-5-31(40)30(32(41)6-2)22-34(27-12-15-33(46-3)35(20-27)47-4)48-37(44)21-28-13-14-29(50-28)23-42-38(26-10-8-7-9-11-26)39(45)49-36-24-43-18-16-25(36)17-19-43/h5-15,20,25,34,36,38,42H,1,16-19,21-24H2,2-4H3/b31-30+,32-6+/t34-,36-,38?/m0/s1. The van der Waals surface area contributed by atoms with Crippen LogP contribution in [0.2, 0.25) is 0 Å². The van der Waals surface area contributed by atoms with Crippen molar-refractivity contribution in [1.29, 1.82) is 0 Å². The number of halogens is 2. The lowest BCUT2D eigenvalue weighted by Crippen LogP contribution is -2.52. The van der Waals surface area contributed by atoms with E-state index in [2.05, 4.69) is 16.8 Å². The van der Waals surface area contributed by atoms with Crippen LogP contribution in [0.15, 0.2) is 95.0 Å². The summed E-state index contributed by atoms with van der Waals surface area (Å²) in [6.45, 7) is 8.98. The molecule has 266 valence electrons. The largest absolute Gasteiger partial charge is 0.493 e. The van der Waals surface area contributed by atoms with Gasteiger partial charge in [0.2, 0.25) is 0 Å². The molecule has 8 nitrogen and oxygen atoms in total. The van der Waals surface area contributed by atoms with E-state index in [1.165, 1.54) is 17.4 Å². The lowest BCUT2D eigenvalue weighted by atomic mass is 9.86. The Morgan fingerprint density at radius 2 is 1.72 bits per heavy atom. The second kappa shape index (κ2) is 18.1. The molecule has 0 saturated carbocycles. The first-order valence-electron chi connectivity index (χ1n) is 16.8. The van der Waals surface area contributed by atoms with Crippen molar-refractivity contribution in [3.63, 3.8) is 0 Å². The highest BCUT2D eigenvalue weighted by atomic mass is 35.5. The van der Waals surface area contributed by atoms with Gasteiger partial charge in [-0.25, -0.2) is 4.79 Å². The molecule has 50 heavy (non-hydrogen) atoms. The van der Waals surface area contributed by atoms with Gasteiger partial charge in [-0.2, -0.15) is 0 Å². The number of methoxy groups -OCH3 is 2. The number of benzene rings is 2. The quantitative estimate of drug-likeness (QED) is 0.116. The molecule has 3 atom stereocenters. The first-order valence-corrected chi connectivity index (χ1v) is 18.3. The molecular formula is C39H44Cl2N2O6S. The number of ether oxygens (including phenoxy) is 4. The van der Waals surface area contributed by atoms with Crippen molar-refractivity contribution < 1.29 is 28.5 Å². The number of hydrogen-bond acceptors (Lipinski definition) is 9. The number of esters is 2. The molecule has 3 aliphatic heterocycles. The van der Waals surface area contributed by atoms with Gasteiger partial charge in [-0.15, -0.1) is 11.3 Å². The number of piperidine rings is 3. The second-order valence-corrected chi connectivity index (χ2v) is 14.4. The van der Waals surface area contributed by atoms with E-state index >= 15 is 0 Å². The third kappa shape index (κ3) is 9.59. The van der Waals surface area contributed by atoms with Crippen LogP contribution in [-0.2, 0) is 32.0 Å². The Labute approximate surface area is 308 Å². The third-order valence-corrected chi connectivity index (χ3v) is 11.1. The van der Waals surface area contributed by atoms with Gasteiger partial charge in [-0.3, -0.25) is 15.0 Å². The smallest absolute Gasteiger partial charge is 0.328 e. The molecule has 6 rings (SSSR count). The monoisotopic (exact) mass is 738 g/mol. The Bertz CT molecular complexity index is 1700. The summed E-state index contributed by atoms with van der Waals surface area (Å²) < 4.78 is 23.1. The van der Waals surface area contributed by atoms with Crippen molar-refractivity contribution in [3.8, 4) is 11.5 Å². The van der Waals surface area contributed by atoms with Crippen molar-refractivity contribution in [2.45, 2.75) is 57.4 Å². The molecule has 2 aromatic carbocycles. The minimum atomic E-state index is -0.727. The molecule has 2 bridgehead atoms.